The zero-order valence-electron chi connectivity index (χ0n) is 3.90. The highest BCUT2D eigenvalue weighted by atomic mass is 31.2. The maximum absolute atomic E-state index is 8.88. The second-order valence-electron chi connectivity index (χ2n) is 0.513. The second-order valence-corrected chi connectivity index (χ2v) is 1.54. The Hall–Kier alpha value is -0.0100. The zero-order chi connectivity index (χ0) is 4.50. The summed E-state index contributed by atoms with van der Waals surface area (Å²) >= 11 is 0. The molecule has 0 saturated carbocycles. The lowest BCUT2D eigenvalue weighted by Crippen LogP contribution is -1.66. The molecular weight excluding hydrogens is 141 g/mol. The molecule has 8 heavy (non-hydrogen) atoms. The van der Waals surface area contributed by atoms with Crippen molar-refractivity contribution >= 4 is 7.82 Å². The van der Waals surface area contributed by atoms with E-state index in [1.54, 1.807) is 0 Å². The Labute approximate surface area is 45.4 Å². The molecular formula is H10NO6P. The summed E-state index contributed by atoms with van der Waals surface area (Å²) in [6, 6.07) is 0. The summed E-state index contributed by atoms with van der Waals surface area (Å²) in [6.45, 7) is 0. The van der Waals surface area contributed by atoms with Crippen LogP contribution in [0.4, 0.5) is 0 Å². The van der Waals surface area contributed by atoms with Gasteiger partial charge in [0.2, 0.25) is 0 Å². The maximum Gasteiger partial charge on any atom is 0.466 e. The molecule has 0 aromatic rings. The highest BCUT2D eigenvalue weighted by Crippen LogP contribution is 2.25. The molecule has 56 valence electrons. The first-order valence-corrected chi connectivity index (χ1v) is 2.35. The smallest absolute Gasteiger partial charge is 0.412 e. The van der Waals surface area contributed by atoms with E-state index in [0.717, 1.165) is 0 Å². The Morgan fingerprint density at radius 3 is 1.00 bits per heavy atom. The molecule has 0 aliphatic rings. The molecule has 0 aliphatic heterocycles. The van der Waals surface area contributed by atoms with E-state index in [1.807, 2.05) is 0 Å². The summed E-state index contributed by atoms with van der Waals surface area (Å²) in [5, 5.41) is 0. The van der Waals surface area contributed by atoms with Gasteiger partial charge in [0.05, 0.1) is 0 Å². The molecule has 10 N–H and O–H groups in total. The molecule has 0 aromatic carbocycles. The molecule has 0 atom stereocenters. The lowest BCUT2D eigenvalue weighted by atomic mass is 14.0. The van der Waals surface area contributed by atoms with Crippen LogP contribution in [0.15, 0.2) is 0 Å². The summed E-state index contributed by atoms with van der Waals surface area (Å²) in [5.74, 6) is 0. The van der Waals surface area contributed by atoms with Crippen molar-refractivity contribution in [1.82, 2.24) is 6.15 Å². The minimum Gasteiger partial charge on any atom is -0.412 e. The van der Waals surface area contributed by atoms with Crippen LogP contribution in [0, 0.1) is 0 Å². The summed E-state index contributed by atoms with van der Waals surface area (Å²) in [7, 11) is -4.64. The van der Waals surface area contributed by atoms with Crippen molar-refractivity contribution in [2.75, 3.05) is 0 Å². The molecule has 0 rings (SSSR count). The third kappa shape index (κ3) is 1490000. The van der Waals surface area contributed by atoms with Gasteiger partial charge in [0.1, 0.15) is 0 Å². The zero-order valence-corrected chi connectivity index (χ0v) is 4.80. The van der Waals surface area contributed by atoms with E-state index in [2.05, 4.69) is 0 Å². The van der Waals surface area contributed by atoms with Crippen LogP contribution in [-0.2, 0) is 4.57 Å². The minimum atomic E-state index is -4.64. The van der Waals surface area contributed by atoms with E-state index in [1.165, 1.54) is 0 Å². The summed E-state index contributed by atoms with van der Waals surface area (Å²) in [6.07, 6.45) is 0. The number of rotatable bonds is 0. The fraction of sp³-hybridized carbons (Fsp3) is 0. The summed E-state index contributed by atoms with van der Waals surface area (Å²) in [4.78, 5) is 21.6. The van der Waals surface area contributed by atoms with E-state index in [4.69, 9.17) is 19.2 Å². The highest BCUT2D eigenvalue weighted by Gasteiger charge is 2.00. The average molecular weight is 151 g/mol. The van der Waals surface area contributed by atoms with E-state index < -0.39 is 7.82 Å². The van der Waals surface area contributed by atoms with Crippen LogP contribution in [0.25, 0.3) is 0 Å². The van der Waals surface area contributed by atoms with E-state index in [-0.39, 0.29) is 17.1 Å². The van der Waals surface area contributed by atoms with Crippen molar-refractivity contribution in [1.29, 1.82) is 0 Å². The van der Waals surface area contributed by atoms with Gasteiger partial charge in [-0.3, -0.25) is 0 Å². The molecule has 0 radical (unpaired) electrons. The predicted molar refractivity (Wildman–Crippen MR) is 26.5 cm³/mol. The Bertz CT molecular complexity index is 54.7. The van der Waals surface area contributed by atoms with Crippen molar-refractivity contribution in [3.8, 4) is 0 Å². The molecule has 0 saturated heterocycles. The standard InChI is InChI=1S/H3N.H3O4P.2H2O/c;1-5(2,3)4;;/h1H3;(H3,1,2,3,4);2*1H2. The van der Waals surface area contributed by atoms with E-state index in [9.17, 15) is 0 Å². The average Bonchev–Trinajstić information content (AvgIpc) is 0.722. The Morgan fingerprint density at radius 2 is 1.00 bits per heavy atom. The summed E-state index contributed by atoms with van der Waals surface area (Å²) in [5.41, 5.74) is 0. The Balaban J connectivity index is -0.0000000267. The van der Waals surface area contributed by atoms with E-state index >= 15 is 0 Å². The van der Waals surface area contributed by atoms with Crippen molar-refractivity contribution in [3.63, 3.8) is 0 Å². The van der Waals surface area contributed by atoms with Crippen molar-refractivity contribution < 1.29 is 30.2 Å². The first kappa shape index (κ1) is 24.5. The second kappa shape index (κ2) is 6.99. The van der Waals surface area contributed by atoms with Crippen molar-refractivity contribution in [2.24, 2.45) is 0 Å². The number of phosphoric acid groups is 1. The first-order chi connectivity index (χ1) is 2.00. The molecule has 0 fully saturated rings. The fourth-order valence-electron chi connectivity index (χ4n) is 0. The quantitative estimate of drug-likeness (QED) is 0.281. The largest absolute Gasteiger partial charge is 0.466 e. The molecule has 0 aliphatic carbocycles. The molecule has 0 spiro atoms. The topological polar surface area (TPSA) is 176 Å². The van der Waals surface area contributed by atoms with Gasteiger partial charge in [-0.25, -0.2) is 4.57 Å². The molecule has 8 heteroatoms. The van der Waals surface area contributed by atoms with Crippen LogP contribution < -0.4 is 6.15 Å². The van der Waals surface area contributed by atoms with Crippen molar-refractivity contribution in [3.05, 3.63) is 0 Å². The molecule has 0 unspecified atom stereocenters. The van der Waals surface area contributed by atoms with Gasteiger partial charge in [0.25, 0.3) is 0 Å². The molecule has 0 amide bonds. The Morgan fingerprint density at radius 1 is 1.00 bits per heavy atom. The third-order valence-electron chi connectivity index (χ3n) is 0. The van der Waals surface area contributed by atoms with Gasteiger partial charge in [-0.1, -0.05) is 0 Å². The lowest BCUT2D eigenvalue weighted by molar-refractivity contribution is 0.275. The molecule has 0 bridgehead atoms. The fourth-order valence-corrected chi connectivity index (χ4v) is 0. The van der Waals surface area contributed by atoms with Crippen LogP contribution in [-0.4, -0.2) is 25.6 Å². The summed E-state index contributed by atoms with van der Waals surface area (Å²) < 4.78 is 8.88. The Kier molecular flexibility index (Phi) is 21.4. The van der Waals surface area contributed by atoms with Gasteiger partial charge >= 0.3 is 7.82 Å². The van der Waals surface area contributed by atoms with Gasteiger partial charge in [-0.05, 0) is 0 Å². The van der Waals surface area contributed by atoms with Gasteiger partial charge in [0, 0.05) is 0 Å². The SMILES string of the molecule is N.O.O.O=P(O)(O)O. The van der Waals surface area contributed by atoms with Crippen LogP contribution >= 0.6 is 7.82 Å². The van der Waals surface area contributed by atoms with Crippen LogP contribution in [0.3, 0.4) is 0 Å². The van der Waals surface area contributed by atoms with Crippen LogP contribution in [0.2, 0.25) is 0 Å². The minimum absolute atomic E-state index is 0. The molecule has 0 heterocycles. The third-order valence-corrected chi connectivity index (χ3v) is 0. The lowest BCUT2D eigenvalue weighted by Gasteiger charge is -1.82. The van der Waals surface area contributed by atoms with Crippen LogP contribution in [0.5, 0.6) is 0 Å². The highest BCUT2D eigenvalue weighted by molar-refractivity contribution is 7.45. The predicted octanol–water partition coefficient (Wildman–Crippen LogP) is -2.42. The van der Waals surface area contributed by atoms with Crippen molar-refractivity contribution in [2.45, 2.75) is 0 Å². The number of hydrogen-bond donors (Lipinski definition) is 4. The normalized spacial score (nSPS) is 7.38. The van der Waals surface area contributed by atoms with Gasteiger partial charge in [-0.2, -0.15) is 0 Å². The first-order valence-electron chi connectivity index (χ1n) is 0.783. The number of hydrogen-bond acceptors (Lipinski definition) is 2. The van der Waals surface area contributed by atoms with Crippen LogP contribution in [0.1, 0.15) is 0 Å². The maximum atomic E-state index is 8.88. The molecule has 7 nitrogen and oxygen atoms in total. The van der Waals surface area contributed by atoms with Gasteiger partial charge in [-0.15, -0.1) is 0 Å². The molecule has 0 aromatic heterocycles. The van der Waals surface area contributed by atoms with Gasteiger partial charge < -0.3 is 31.8 Å². The van der Waals surface area contributed by atoms with Gasteiger partial charge in [0.15, 0.2) is 0 Å². The van der Waals surface area contributed by atoms with E-state index in [0.29, 0.717) is 0 Å². The monoisotopic (exact) mass is 151 g/mol.